The van der Waals surface area contributed by atoms with Gasteiger partial charge in [0.15, 0.2) is 6.10 Å². The Morgan fingerprint density at radius 1 is 0.280 bits per heavy atom. The van der Waals surface area contributed by atoms with E-state index in [-0.39, 0.29) is 37.5 Å². The first-order chi connectivity index (χ1) is 37.0. The van der Waals surface area contributed by atoms with Gasteiger partial charge in [-0.2, -0.15) is 0 Å². The van der Waals surface area contributed by atoms with Crippen LogP contribution in [0.2, 0.25) is 0 Å². The molecule has 0 heterocycles. The average molecular weight is 1040 g/mol. The highest BCUT2D eigenvalue weighted by Gasteiger charge is 2.19. The van der Waals surface area contributed by atoms with Gasteiger partial charge in [0.05, 0.1) is 0 Å². The molecule has 0 aromatic rings. The fraction of sp³-hybridized carbons (Fsp3) is 0.667. The average Bonchev–Trinajstić information content (AvgIpc) is 3.41. The molecule has 0 rings (SSSR count). The summed E-state index contributed by atoms with van der Waals surface area (Å²) in [4.78, 5) is 38.0. The molecule has 1 atom stereocenters. The first kappa shape index (κ1) is 70.8. The van der Waals surface area contributed by atoms with Gasteiger partial charge in [-0.25, -0.2) is 0 Å². The van der Waals surface area contributed by atoms with E-state index < -0.39 is 6.10 Å². The smallest absolute Gasteiger partial charge is 0.306 e. The molecule has 0 aliphatic heterocycles. The molecule has 0 radical (unpaired) electrons. The summed E-state index contributed by atoms with van der Waals surface area (Å²) < 4.78 is 16.7. The van der Waals surface area contributed by atoms with Gasteiger partial charge < -0.3 is 14.2 Å². The van der Waals surface area contributed by atoms with Crippen LogP contribution in [0.15, 0.2) is 122 Å². The summed E-state index contributed by atoms with van der Waals surface area (Å²) in [6.07, 6.45) is 86.8. The highest BCUT2D eigenvalue weighted by molar-refractivity contribution is 5.71. The van der Waals surface area contributed by atoms with E-state index in [1.54, 1.807) is 0 Å². The molecular formula is C69H114O6. The van der Waals surface area contributed by atoms with E-state index in [2.05, 4.69) is 142 Å². The molecule has 0 N–H and O–H groups in total. The van der Waals surface area contributed by atoms with Gasteiger partial charge >= 0.3 is 17.9 Å². The summed E-state index contributed by atoms with van der Waals surface area (Å²) >= 11 is 0. The second-order valence-corrected chi connectivity index (χ2v) is 20.2. The van der Waals surface area contributed by atoms with Gasteiger partial charge in [-0.3, -0.25) is 14.4 Å². The van der Waals surface area contributed by atoms with E-state index in [1.807, 2.05) is 0 Å². The van der Waals surface area contributed by atoms with Crippen LogP contribution in [0.5, 0.6) is 0 Å². The maximum absolute atomic E-state index is 12.8. The quantitative estimate of drug-likeness (QED) is 0.0261. The molecule has 0 aliphatic carbocycles. The highest BCUT2D eigenvalue weighted by Crippen LogP contribution is 2.16. The molecule has 0 spiro atoms. The molecule has 1 unspecified atom stereocenters. The molecular weight excluding hydrogens is 925 g/mol. The number of hydrogen-bond acceptors (Lipinski definition) is 6. The summed E-state index contributed by atoms with van der Waals surface area (Å²) in [5, 5.41) is 0. The molecule has 0 fully saturated rings. The van der Waals surface area contributed by atoms with Gasteiger partial charge in [0.25, 0.3) is 0 Å². The Kier molecular flexibility index (Phi) is 58.9. The van der Waals surface area contributed by atoms with Crippen LogP contribution in [0.4, 0.5) is 0 Å². The molecule has 0 bridgehead atoms. The van der Waals surface area contributed by atoms with E-state index in [9.17, 15) is 14.4 Å². The van der Waals surface area contributed by atoms with Gasteiger partial charge in [-0.05, 0) is 103 Å². The van der Waals surface area contributed by atoms with E-state index in [4.69, 9.17) is 14.2 Å². The van der Waals surface area contributed by atoms with E-state index in [0.717, 1.165) is 109 Å². The Morgan fingerprint density at radius 2 is 0.533 bits per heavy atom. The number of hydrogen-bond donors (Lipinski definition) is 0. The van der Waals surface area contributed by atoms with Gasteiger partial charge in [0.1, 0.15) is 13.2 Å². The zero-order valence-electron chi connectivity index (χ0n) is 48.8. The van der Waals surface area contributed by atoms with Crippen molar-refractivity contribution in [1.29, 1.82) is 0 Å². The molecule has 0 saturated carbocycles. The lowest BCUT2D eigenvalue weighted by Gasteiger charge is -2.18. The Bertz CT molecular complexity index is 1570. The van der Waals surface area contributed by atoms with Gasteiger partial charge in [-0.15, -0.1) is 0 Å². The molecule has 426 valence electrons. The first-order valence-electron chi connectivity index (χ1n) is 31.0. The van der Waals surface area contributed by atoms with Crippen LogP contribution in [0, 0.1) is 0 Å². The normalized spacial score (nSPS) is 12.9. The number of ether oxygens (including phenoxy) is 3. The summed E-state index contributed by atoms with van der Waals surface area (Å²) in [5.41, 5.74) is 0. The summed E-state index contributed by atoms with van der Waals surface area (Å²) in [6, 6.07) is 0. The van der Waals surface area contributed by atoms with E-state index in [0.29, 0.717) is 19.3 Å². The maximum Gasteiger partial charge on any atom is 0.306 e. The Balaban J connectivity index is 4.09. The van der Waals surface area contributed by atoms with Crippen molar-refractivity contribution < 1.29 is 28.6 Å². The molecule has 0 aromatic heterocycles. The number of rotatable bonds is 55. The van der Waals surface area contributed by atoms with Crippen molar-refractivity contribution in [3.63, 3.8) is 0 Å². The molecule has 0 saturated heterocycles. The minimum atomic E-state index is -0.805. The van der Waals surface area contributed by atoms with Gasteiger partial charge in [0.2, 0.25) is 0 Å². The number of esters is 3. The lowest BCUT2D eigenvalue weighted by molar-refractivity contribution is -0.167. The van der Waals surface area contributed by atoms with Crippen LogP contribution < -0.4 is 0 Å². The van der Waals surface area contributed by atoms with Gasteiger partial charge in [0, 0.05) is 19.3 Å². The number of carbonyl (C=O) groups is 3. The topological polar surface area (TPSA) is 78.9 Å². The zero-order valence-corrected chi connectivity index (χ0v) is 48.8. The van der Waals surface area contributed by atoms with Crippen LogP contribution >= 0.6 is 0 Å². The van der Waals surface area contributed by atoms with Crippen molar-refractivity contribution in [2.75, 3.05) is 13.2 Å². The van der Waals surface area contributed by atoms with Crippen molar-refractivity contribution >= 4 is 17.9 Å². The molecule has 6 nitrogen and oxygen atoms in total. The summed E-state index contributed by atoms with van der Waals surface area (Å²) in [6.45, 7) is 6.33. The fourth-order valence-electron chi connectivity index (χ4n) is 8.39. The molecule has 0 aromatic carbocycles. The van der Waals surface area contributed by atoms with Crippen LogP contribution in [-0.4, -0.2) is 37.2 Å². The van der Waals surface area contributed by atoms with Crippen molar-refractivity contribution in [2.45, 2.75) is 284 Å². The molecule has 6 heteroatoms. The minimum absolute atomic E-state index is 0.0997. The van der Waals surface area contributed by atoms with Crippen LogP contribution in [0.3, 0.4) is 0 Å². The SMILES string of the molecule is CC/C=C\C/C=C\C/C=C\C/C=C\C/C=C\CCCCCCCCCCCCCCCCCCCC(=O)OCC(COC(=O)CCCCCCCCC)OC(=O)CCC/C=C\C/C=C\C/C=C\C/C=C\C/C=C\CC. The minimum Gasteiger partial charge on any atom is -0.462 e. The standard InChI is InChI=1S/C69H114O6/c1-4-7-10-13-16-18-20-22-24-26-27-28-29-30-31-32-33-34-35-36-37-38-39-40-41-43-44-46-48-50-53-56-59-62-68(71)74-65-66(64-73-67(70)61-58-55-52-15-12-9-6-3)75-69(72)63-60-57-54-51-49-47-45-42-25-23-21-19-17-14-11-8-5-2/h7-8,10-11,16-19,22-25,27-28,30-31,45,47,51,54,66H,4-6,9,12-15,20-21,26,29,32-44,46,48-50,52-53,55-65H2,1-3H3/b10-7-,11-8-,18-16-,19-17-,24-22-,25-23-,28-27-,31-30-,47-45-,54-51-. The third-order valence-corrected chi connectivity index (χ3v) is 13.0. The molecule has 75 heavy (non-hydrogen) atoms. The Morgan fingerprint density at radius 3 is 0.853 bits per heavy atom. The van der Waals surface area contributed by atoms with Crippen LogP contribution in [-0.2, 0) is 28.6 Å². The van der Waals surface area contributed by atoms with E-state index >= 15 is 0 Å². The predicted molar refractivity (Wildman–Crippen MR) is 325 cm³/mol. The summed E-state index contributed by atoms with van der Waals surface area (Å²) in [7, 11) is 0. The van der Waals surface area contributed by atoms with Crippen molar-refractivity contribution in [2.24, 2.45) is 0 Å². The Labute approximate surface area is 462 Å². The third-order valence-electron chi connectivity index (χ3n) is 13.0. The lowest BCUT2D eigenvalue weighted by Crippen LogP contribution is -2.30. The molecule has 0 amide bonds. The number of carbonyl (C=O) groups excluding carboxylic acids is 3. The predicted octanol–water partition coefficient (Wildman–Crippen LogP) is 21.2. The number of allylic oxidation sites excluding steroid dienone is 20. The van der Waals surface area contributed by atoms with Crippen LogP contribution in [0.1, 0.15) is 278 Å². The second-order valence-electron chi connectivity index (χ2n) is 20.2. The maximum atomic E-state index is 12.8. The number of unbranched alkanes of at least 4 members (excludes halogenated alkanes) is 24. The summed E-state index contributed by atoms with van der Waals surface area (Å²) in [5.74, 6) is -0.963. The van der Waals surface area contributed by atoms with Crippen molar-refractivity contribution in [3.8, 4) is 0 Å². The third kappa shape index (κ3) is 60.6. The first-order valence-corrected chi connectivity index (χ1v) is 31.0. The highest BCUT2D eigenvalue weighted by atomic mass is 16.6. The van der Waals surface area contributed by atoms with Crippen molar-refractivity contribution in [1.82, 2.24) is 0 Å². The fourth-order valence-corrected chi connectivity index (χ4v) is 8.39. The van der Waals surface area contributed by atoms with Gasteiger partial charge in [-0.1, -0.05) is 277 Å². The monoisotopic (exact) mass is 1040 g/mol. The Hall–Kier alpha value is -4.19. The van der Waals surface area contributed by atoms with E-state index in [1.165, 1.54) is 122 Å². The largest absolute Gasteiger partial charge is 0.462 e. The zero-order chi connectivity index (χ0) is 54.3. The molecule has 0 aliphatic rings. The van der Waals surface area contributed by atoms with Crippen LogP contribution in [0.25, 0.3) is 0 Å². The van der Waals surface area contributed by atoms with Crippen molar-refractivity contribution in [3.05, 3.63) is 122 Å². The second kappa shape index (κ2) is 62.4. The lowest BCUT2D eigenvalue weighted by atomic mass is 10.0.